The van der Waals surface area contributed by atoms with Crippen LogP contribution in [0.3, 0.4) is 0 Å². The maximum absolute atomic E-state index is 10.9. The molecule has 2 unspecified atom stereocenters. The summed E-state index contributed by atoms with van der Waals surface area (Å²) in [7, 11) is 0. The first-order valence-electron chi connectivity index (χ1n) is 5.81. The number of hydrogen-bond donors (Lipinski definition) is 2. The second-order valence-electron chi connectivity index (χ2n) is 4.36. The molecule has 4 nitrogen and oxygen atoms in total. The largest absolute Gasteiger partial charge is 0.477 e. The highest BCUT2D eigenvalue weighted by Gasteiger charge is 2.19. The summed E-state index contributed by atoms with van der Waals surface area (Å²) < 4.78 is 5.47. The molecule has 2 N–H and O–H groups in total. The minimum atomic E-state index is -0.836. The quantitative estimate of drug-likeness (QED) is 0.865. The molecule has 0 aliphatic carbocycles. The maximum atomic E-state index is 10.9. The molecule has 1 aliphatic heterocycles. The third-order valence-corrected chi connectivity index (χ3v) is 3.95. The predicted octanol–water partition coefficient (Wildman–Crippen LogP) is 2.10. The zero-order chi connectivity index (χ0) is 12.3. The Bertz CT molecular complexity index is 391. The number of ether oxygens (including phenoxy) is 1. The van der Waals surface area contributed by atoms with Gasteiger partial charge in [0.25, 0.3) is 0 Å². The molecule has 1 saturated heterocycles. The van der Waals surface area contributed by atoms with Gasteiger partial charge in [-0.3, -0.25) is 0 Å². The zero-order valence-corrected chi connectivity index (χ0v) is 10.6. The number of nitrogens with one attached hydrogen (secondary N) is 1. The van der Waals surface area contributed by atoms with Crippen LogP contribution in [-0.4, -0.2) is 29.8 Å². The summed E-state index contributed by atoms with van der Waals surface area (Å²) >= 11 is 1.28. The Morgan fingerprint density at radius 1 is 1.71 bits per heavy atom. The Hall–Kier alpha value is -0.910. The fourth-order valence-corrected chi connectivity index (χ4v) is 2.86. The zero-order valence-electron chi connectivity index (χ0n) is 9.81. The Morgan fingerprint density at radius 2 is 2.53 bits per heavy atom. The van der Waals surface area contributed by atoms with E-state index >= 15 is 0 Å². The minimum Gasteiger partial charge on any atom is -0.477 e. The predicted molar refractivity (Wildman–Crippen MR) is 66.6 cm³/mol. The van der Waals surface area contributed by atoms with Crippen LogP contribution in [0.2, 0.25) is 0 Å². The second-order valence-corrected chi connectivity index (χ2v) is 5.28. The van der Waals surface area contributed by atoms with Crippen molar-refractivity contribution in [2.75, 3.05) is 6.61 Å². The highest BCUT2D eigenvalue weighted by Crippen LogP contribution is 2.18. The van der Waals surface area contributed by atoms with E-state index in [1.165, 1.54) is 11.3 Å². The van der Waals surface area contributed by atoms with Crippen LogP contribution in [0.1, 0.15) is 35.0 Å². The molecule has 1 aromatic rings. The Morgan fingerprint density at radius 3 is 3.24 bits per heavy atom. The van der Waals surface area contributed by atoms with Crippen molar-refractivity contribution in [2.24, 2.45) is 0 Å². The van der Waals surface area contributed by atoms with Crippen LogP contribution in [0.4, 0.5) is 0 Å². The molecule has 0 bridgehead atoms. The first-order chi connectivity index (χ1) is 8.16. The second kappa shape index (κ2) is 5.62. The van der Waals surface area contributed by atoms with Gasteiger partial charge >= 0.3 is 5.97 Å². The van der Waals surface area contributed by atoms with Crippen LogP contribution in [0, 0.1) is 0 Å². The molecular weight excluding hydrogens is 238 g/mol. The van der Waals surface area contributed by atoms with Gasteiger partial charge in [-0.15, -0.1) is 11.3 Å². The number of aromatic carboxylic acids is 1. The number of thiophene rings is 1. The van der Waals surface area contributed by atoms with E-state index in [0.717, 1.165) is 25.0 Å². The van der Waals surface area contributed by atoms with Gasteiger partial charge in [0.15, 0.2) is 0 Å². The normalized spacial score (nSPS) is 24.8. The Balaban J connectivity index is 1.89. The van der Waals surface area contributed by atoms with Crippen LogP contribution in [0.15, 0.2) is 11.4 Å². The lowest BCUT2D eigenvalue weighted by atomic mass is 10.0. The molecule has 2 rings (SSSR count). The highest BCUT2D eigenvalue weighted by molar-refractivity contribution is 7.12. The molecule has 2 atom stereocenters. The molecule has 1 aromatic heterocycles. The van der Waals surface area contributed by atoms with Gasteiger partial charge in [0, 0.05) is 19.2 Å². The average molecular weight is 255 g/mol. The van der Waals surface area contributed by atoms with Crippen LogP contribution >= 0.6 is 11.3 Å². The average Bonchev–Trinajstić information content (AvgIpc) is 2.74. The van der Waals surface area contributed by atoms with Gasteiger partial charge in [0.05, 0.1) is 6.10 Å². The topological polar surface area (TPSA) is 58.6 Å². The van der Waals surface area contributed by atoms with Crippen molar-refractivity contribution in [3.8, 4) is 0 Å². The molecule has 0 saturated carbocycles. The third-order valence-electron chi connectivity index (χ3n) is 3.01. The molecule has 0 radical (unpaired) electrons. The number of carboxylic acids is 1. The van der Waals surface area contributed by atoms with E-state index in [1.54, 1.807) is 0 Å². The van der Waals surface area contributed by atoms with Crippen molar-refractivity contribution in [3.63, 3.8) is 0 Å². The first kappa shape index (κ1) is 12.5. The fourth-order valence-electron chi connectivity index (χ4n) is 2.10. The number of carbonyl (C=O) groups is 1. The van der Waals surface area contributed by atoms with E-state index in [2.05, 4.69) is 12.2 Å². The minimum absolute atomic E-state index is 0.294. The van der Waals surface area contributed by atoms with Gasteiger partial charge in [-0.2, -0.15) is 0 Å². The van der Waals surface area contributed by atoms with Crippen molar-refractivity contribution in [1.82, 2.24) is 5.32 Å². The van der Waals surface area contributed by atoms with Crippen LogP contribution < -0.4 is 5.32 Å². The summed E-state index contributed by atoms with van der Waals surface area (Å²) in [4.78, 5) is 11.4. The molecule has 5 heteroatoms. The van der Waals surface area contributed by atoms with Crippen LogP contribution in [0.25, 0.3) is 0 Å². The van der Waals surface area contributed by atoms with E-state index in [4.69, 9.17) is 9.84 Å². The lowest BCUT2D eigenvalue weighted by molar-refractivity contribution is 0.0130. The first-order valence-corrected chi connectivity index (χ1v) is 6.69. The smallest absolute Gasteiger partial charge is 0.346 e. The number of hydrogen-bond acceptors (Lipinski definition) is 4. The van der Waals surface area contributed by atoms with E-state index in [9.17, 15) is 4.79 Å². The monoisotopic (exact) mass is 255 g/mol. The molecule has 17 heavy (non-hydrogen) atoms. The van der Waals surface area contributed by atoms with Crippen molar-refractivity contribution in [1.29, 1.82) is 0 Å². The molecule has 1 aliphatic rings. The number of rotatable bonds is 4. The van der Waals surface area contributed by atoms with Crippen LogP contribution in [0.5, 0.6) is 0 Å². The molecule has 0 aromatic carbocycles. The van der Waals surface area contributed by atoms with Gasteiger partial charge in [-0.05, 0) is 36.8 Å². The summed E-state index contributed by atoms with van der Waals surface area (Å²) in [6, 6.07) is 2.31. The lowest BCUT2D eigenvalue weighted by Crippen LogP contribution is -2.37. The summed E-state index contributed by atoms with van der Waals surface area (Å²) in [5.41, 5.74) is 0.877. The van der Waals surface area contributed by atoms with E-state index in [-0.39, 0.29) is 0 Å². The van der Waals surface area contributed by atoms with Crippen molar-refractivity contribution >= 4 is 17.3 Å². The van der Waals surface area contributed by atoms with E-state index in [0.29, 0.717) is 23.6 Å². The molecule has 2 heterocycles. The van der Waals surface area contributed by atoms with Crippen molar-refractivity contribution in [3.05, 3.63) is 21.9 Å². The summed E-state index contributed by atoms with van der Waals surface area (Å²) in [6.45, 7) is 3.48. The SMILES string of the molecule is CC1CC(NCc2ccsc2C(=O)O)CCO1. The van der Waals surface area contributed by atoms with Gasteiger partial charge < -0.3 is 15.2 Å². The summed E-state index contributed by atoms with van der Waals surface area (Å²) in [5.74, 6) is -0.836. The van der Waals surface area contributed by atoms with Crippen molar-refractivity contribution < 1.29 is 14.6 Å². The van der Waals surface area contributed by atoms with Gasteiger partial charge in [-0.25, -0.2) is 4.79 Å². The molecule has 0 amide bonds. The molecular formula is C12H17NO3S. The van der Waals surface area contributed by atoms with E-state index in [1.807, 2.05) is 11.4 Å². The summed E-state index contributed by atoms with van der Waals surface area (Å²) in [6.07, 6.45) is 2.28. The molecule has 94 valence electrons. The van der Waals surface area contributed by atoms with Gasteiger partial charge in [0.2, 0.25) is 0 Å². The standard InChI is InChI=1S/C12H17NO3S/c1-8-6-10(2-4-16-8)13-7-9-3-5-17-11(9)12(14)15/h3,5,8,10,13H,2,4,6-7H2,1H3,(H,14,15). The molecule has 0 spiro atoms. The van der Waals surface area contributed by atoms with Gasteiger partial charge in [-0.1, -0.05) is 0 Å². The Labute approximate surface area is 105 Å². The highest BCUT2D eigenvalue weighted by atomic mass is 32.1. The van der Waals surface area contributed by atoms with Crippen molar-refractivity contribution in [2.45, 2.75) is 38.5 Å². The summed E-state index contributed by atoms with van der Waals surface area (Å²) in [5, 5.41) is 14.2. The fraction of sp³-hybridized carbons (Fsp3) is 0.583. The third kappa shape index (κ3) is 3.28. The Kier molecular flexibility index (Phi) is 4.15. The van der Waals surface area contributed by atoms with Gasteiger partial charge in [0.1, 0.15) is 4.88 Å². The lowest BCUT2D eigenvalue weighted by Gasteiger charge is -2.28. The maximum Gasteiger partial charge on any atom is 0.346 e. The number of carboxylic acid groups (broad SMARTS) is 1. The molecule has 1 fully saturated rings. The van der Waals surface area contributed by atoms with E-state index < -0.39 is 5.97 Å². The van der Waals surface area contributed by atoms with Crippen LogP contribution in [-0.2, 0) is 11.3 Å².